The number of anilines is 1. The molecule has 1 aromatic heterocycles. The zero-order chi connectivity index (χ0) is 16.2. The van der Waals surface area contributed by atoms with Crippen molar-refractivity contribution in [2.24, 2.45) is 0 Å². The molecule has 4 nitrogen and oxygen atoms in total. The van der Waals surface area contributed by atoms with Crippen molar-refractivity contribution in [1.29, 1.82) is 0 Å². The van der Waals surface area contributed by atoms with Crippen LogP contribution in [0, 0.1) is 0 Å². The summed E-state index contributed by atoms with van der Waals surface area (Å²) in [5, 5.41) is 7.36. The van der Waals surface area contributed by atoms with Crippen LogP contribution in [-0.4, -0.2) is 15.7 Å². The van der Waals surface area contributed by atoms with Crippen LogP contribution in [0.4, 0.5) is 5.82 Å². The summed E-state index contributed by atoms with van der Waals surface area (Å²) >= 11 is 3.48. The van der Waals surface area contributed by atoms with Crippen LogP contribution in [0.3, 0.4) is 0 Å². The highest BCUT2D eigenvalue weighted by Gasteiger charge is 2.14. The largest absolute Gasteiger partial charge is 0.311 e. The summed E-state index contributed by atoms with van der Waals surface area (Å²) < 4.78 is 2.80. The van der Waals surface area contributed by atoms with Gasteiger partial charge >= 0.3 is 0 Å². The van der Waals surface area contributed by atoms with Crippen molar-refractivity contribution in [1.82, 2.24) is 9.78 Å². The number of carbonyl (C=O) groups excluding carboxylic acids is 1. The van der Waals surface area contributed by atoms with Gasteiger partial charge in [0.15, 0.2) is 0 Å². The zero-order valence-corrected chi connectivity index (χ0v) is 14.2. The standard InChI is InChI=1S/C18H16BrN3O/c1-13(23)21-18-17(15-8-5-9-16(19)10-15)11-20-22(18)12-14-6-3-2-4-7-14/h2-11H,12H2,1H3,(H,21,23). The lowest BCUT2D eigenvalue weighted by Gasteiger charge is -2.10. The summed E-state index contributed by atoms with van der Waals surface area (Å²) in [6.07, 6.45) is 1.79. The van der Waals surface area contributed by atoms with E-state index >= 15 is 0 Å². The van der Waals surface area contributed by atoms with Gasteiger partial charge in [0.1, 0.15) is 5.82 Å². The molecule has 5 heteroatoms. The average Bonchev–Trinajstić information content (AvgIpc) is 2.90. The normalized spacial score (nSPS) is 10.5. The first-order chi connectivity index (χ1) is 11.1. The second-order valence-corrected chi connectivity index (χ2v) is 6.16. The van der Waals surface area contributed by atoms with E-state index in [4.69, 9.17) is 0 Å². The SMILES string of the molecule is CC(=O)Nc1c(-c2cccc(Br)c2)cnn1Cc1ccccc1. The molecule has 0 fully saturated rings. The predicted octanol–water partition coefficient (Wildman–Crippen LogP) is 4.32. The minimum atomic E-state index is -0.115. The Labute approximate surface area is 143 Å². The Hall–Kier alpha value is -2.40. The Bertz CT molecular complexity index is 827. The minimum absolute atomic E-state index is 0.115. The molecule has 3 rings (SSSR count). The highest BCUT2D eigenvalue weighted by Crippen LogP contribution is 2.30. The molecule has 0 saturated heterocycles. The molecule has 0 radical (unpaired) electrons. The van der Waals surface area contributed by atoms with Crippen molar-refractivity contribution >= 4 is 27.7 Å². The zero-order valence-electron chi connectivity index (χ0n) is 12.7. The number of rotatable bonds is 4. The Balaban J connectivity index is 2.02. The summed E-state index contributed by atoms with van der Waals surface area (Å²) in [7, 11) is 0. The fraction of sp³-hybridized carbons (Fsp3) is 0.111. The second kappa shape index (κ2) is 6.79. The van der Waals surface area contributed by atoms with Gasteiger partial charge in [-0.15, -0.1) is 0 Å². The van der Waals surface area contributed by atoms with Gasteiger partial charge in [-0.3, -0.25) is 4.79 Å². The van der Waals surface area contributed by atoms with Gasteiger partial charge in [-0.25, -0.2) is 4.68 Å². The van der Waals surface area contributed by atoms with Crippen LogP contribution in [0.2, 0.25) is 0 Å². The van der Waals surface area contributed by atoms with Crippen LogP contribution >= 0.6 is 15.9 Å². The van der Waals surface area contributed by atoms with Crippen molar-refractivity contribution in [2.45, 2.75) is 13.5 Å². The maximum atomic E-state index is 11.6. The van der Waals surface area contributed by atoms with Crippen LogP contribution in [0.25, 0.3) is 11.1 Å². The van der Waals surface area contributed by atoms with E-state index in [0.717, 1.165) is 21.2 Å². The maximum absolute atomic E-state index is 11.6. The Morgan fingerprint density at radius 3 is 2.65 bits per heavy atom. The minimum Gasteiger partial charge on any atom is -0.311 e. The van der Waals surface area contributed by atoms with Crippen LogP contribution in [0.15, 0.2) is 65.3 Å². The number of nitrogens with one attached hydrogen (secondary N) is 1. The van der Waals surface area contributed by atoms with Gasteiger partial charge < -0.3 is 5.32 Å². The van der Waals surface area contributed by atoms with Gasteiger partial charge in [-0.2, -0.15) is 5.10 Å². The molecule has 0 bridgehead atoms. The highest BCUT2D eigenvalue weighted by molar-refractivity contribution is 9.10. The molecule has 0 atom stereocenters. The second-order valence-electron chi connectivity index (χ2n) is 5.24. The number of hydrogen-bond donors (Lipinski definition) is 1. The molecular formula is C18H16BrN3O. The summed E-state index contributed by atoms with van der Waals surface area (Å²) in [4.78, 5) is 11.6. The number of nitrogens with zero attached hydrogens (tertiary/aromatic N) is 2. The van der Waals surface area contributed by atoms with Gasteiger partial charge in [-0.1, -0.05) is 58.4 Å². The smallest absolute Gasteiger partial charge is 0.222 e. The molecule has 116 valence electrons. The van der Waals surface area contributed by atoms with Crippen LogP contribution in [0.5, 0.6) is 0 Å². The third kappa shape index (κ3) is 3.68. The van der Waals surface area contributed by atoms with Crippen LogP contribution in [-0.2, 0) is 11.3 Å². The predicted molar refractivity (Wildman–Crippen MR) is 95.2 cm³/mol. The number of aromatic nitrogens is 2. The molecule has 3 aromatic rings. The number of amides is 1. The van der Waals surface area contributed by atoms with E-state index < -0.39 is 0 Å². The number of hydrogen-bond acceptors (Lipinski definition) is 2. The van der Waals surface area contributed by atoms with Crippen molar-refractivity contribution < 1.29 is 4.79 Å². The molecule has 23 heavy (non-hydrogen) atoms. The molecule has 0 aliphatic rings. The summed E-state index contributed by atoms with van der Waals surface area (Å²) in [5.74, 6) is 0.593. The average molecular weight is 370 g/mol. The van der Waals surface area contributed by atoms with Crippen LogP contribution in [0.1, 0.15) is 12.5 Å². The lowest BCUT2D eigenvalue weighted by molar-refractivity contribution is -0.114. The fourth-order valence-electron chi connectivity index (χ4n) is 2.43. The van der Waals surface area contributed by atoms with Gasteiger partial charge in [0.05, 0.1) is 12.7 Å². The molecule has 0 spiro atoms. The Kier molecular flexibility index (Phi) is 4.57. The third-order valence-corrected chi connectivity index (χ3v) is 3.94. The lowest BCUT2D eigenvalue weighted by atomic mass is 10.1. The Morgan fingerprint density at radius 2 is 1.96 bits per heavy atom. The third-order valence-electron chi connectivity index (χ3n) is 3.44. The molecule has 0 unspecified atom stereocenters. The quantitative estimate of drug-likeness (QED) is 0.744. The molecule has 1 N–H and O–H groups in total. The van der Waals surface area contributed by atoms with E-state index in [1.807, 2.05) is 59.3 Å². The molecule has 0 saturated carbocycles. The maximum Gasteiger partial charge on any atom is 0.222 e. The first kappa shape index (κ1) is 15.5. The number of benzene rings is 2. The van der Waals surface area contributed by atoms with Crippen molar-refractivity contribution in [3.8, 4) is 11.1 Å². The lowest BCUT2D eigenvalue weighted by Crippen LogP contribution is -2.13. The van der Waals surface area contributed by atoms with Crippen molar-refractivity contribution in [3.05, 3.63) is 70.8 Å². The van der Waals surface area contributed by atoms with E-state index in [1.165, 1.54) is 6.92 Å². The number of carbonyl (C=O) groups is 1. The van der Waals surface area contributed by atoms with Crippen molar-refractivity contribution in [3.63, 3.8) is 0 Å². The van der Waals surface area contributed by atoms with Gasteiger partial charge in [0.25, 0.3) is 0 Å². The molecule has 0 aliphatic carbocycles. The molecular weight excluding hydrogens is 354 g/mol. The highest BCUT2D eigenvalue weighted by atomic mass is 79.9. The number of halogens is 1. The summed E-state index contributed by atoms with van der Waals surface area (Å²) in [5.41, 5.74) is 3.03. The Morgan fingerprint density at radius 1 is 1.17 bits per heavy atom. The first-order valence-corrected chi connectivity index (χ1v) is 8.06. The monoisotopic (exact) mass is 369 g/mol. The molecule has 0 aliphatic heterocycles. The first-order valence-electron chi connectivity index (χ1n) is 7.27. The topological polar surface area (TPSA) is 46.9 Å². The van der Waals surface area contributed by atoms with E-state index in [0.29, 0.717) is 12.4 Å². The van der Waals surface area contributed by atoms with Gasteiger partial charge in [0, 0.05) is 17.0 Å². The fourth-order valence-corrected chi connectivity index (χ4v) is 2.83. The van der Waals surface area contributed by atoms with E-state index in [-0.39, 0.29) is 5.91 Å². The van der Waals surface area contributed by atoms with E-state index in [2.05, 4.69) is 26.3 Å². The molecule has 2 aromatic carbocycles. The van der Waals surface area contributed by atoms with Crippen molar-refractivity contribution in [2.75, 3.05) is 5.32 Å². The van der Waals surface area contributed by atoms with Gasteiger partial charge in [0.2, 0.25) is 5.91 Å². The van der Waals surface area contributed by atoms with E-state index in [9.17, 15) is 4.79 Å². The summed E-state index contributed by atoms with van der Waals surface area (Å²) in [6, 6.07) is 18.0. The molecule has 1 heterocycles. The van der Waals surface area contributed by atoms with Crippen LogP contribution < -0.4 is 5.32 Å². The van der Waals surface area contributed by atoms with E-state index in [1.54, 1.807) is 6.20 Å². The van der Waals surface area contributed by atoms with Gasteiger partial charge in [-0.05, 0) is 23.3 Å². The molecule has 1 amide bonds. The summed E-state index contributed by atoms with van der Waals surface area (Å²) in [6.45, 7) is 2.11.